The summed E-state index contributed by atoms with van der Waals surface area (Å²) >= 11 is 1.30. The lowest BCUT2D eigenvalue weighted by Gasteiger charge is -2.31. The van der Waals surface area contributed by atoms with Gasteiger partial charge in [-0.3, -0.25) is 4.79 Å². The highest BCUT2D eigenvalue weighted by Crippen LogP contribution is 2.41. The van der Waals surface area contributed by atoms with Crippen molar-refractivity contribution in [2.75, 3.05) is 30.3 Å². The van der Waals surface area contributed by atoms with Crippen molar-refractivity contribution in [1.29, 1.82) is 0 Å². The first-order valence-corrected chi connectivity index (χ1v) is 13.4. The van der Waals surface area contributed by atoms with Crippen LogP contribution in [0.2, 0.25) is 0 Å². The zero-order valence-corrected chi connectivity index (χ0v) is 21.3. The van der Waals surface area contributed by atoms with Gasteiger partial charge in [0, 0.05) is 36.0 Å². The second-order valence-electron chi connectivity index (χ2n) is 10.4. The summed E-state index contributed by atoms with van der Waals surface area (Å²) in [5.74, 6) is 0.115. The first-order valence-electron chi connectivity index (χ1n) is 12.5. The number of nitrogen functional groups attached to an aromatic ring is 1. The fourth-order valence-electron chi connectivity index (χ4n) is 6.00. The Balaban J connectivity index is 1.18. The molecule has 5 heterocycles. The smallest absolute Gasteiger partial charge is 0.263 e. The van der Waals surface area contributed by atoms with Gasteiger partial charge in [-0.25, -0.2) is 14.4 Å². The Labute approximate surface area is 213 Å². The molecule has 0 saturated carbocycles. The van der Waals surface area contributed by atoms with Gasteiger partial charge in [0.05, 0.1) is 18.3 Å². The number of hydrogen-bond acceptors (Lipinski definition) is 8. The SMILES string of the molecule is Cc1ccc2c(N)c(C(=O)NC3CCc4nc(N5CC(N)C6(C5)OCCC6C)c(F)cc4C3)sc2n1. The largest absolute Gasteiger partial charge is 0.397 e. The van der Waals surface area contributed by atoms with Crippen LogP contribution in [-0.4, -0.2) is 53.3 Å². The van der Waals surface area contributed by atoms with Crippen molar-refractivity contribution in [1.82, 2.24) is 15.3 Å². The number of nitrogens with one attached hydrogen (secondary N) is 1. The summed E-state index contributed by atoms with van der Waals surface area (Å²) < 4.78 is 21.4. The summed E-state index contributed by atoms with van der Waals surface area (Å²) in [6, 6.07) is 5.07. The van der Waals surface area contributed by atoms with Crippen molar-refractivity contribution in [3.8, 4) is 0 Å². The van der Waals surface area contributed by atoms with Gasteiger partial charge >= 0.3 is 0 Å². The molecule has 4 unspecified atom stereocenters. The molecule has 2 saturated heterocycles. The first kappa shape index (κ1) is 23.6. The van der Waals surface area contributed by atoms with E-state index < -0.39 is 5.60 Å². The summed E-state index contributed by atoms with van der Waals surface area (Å²) in [5.41, 5.74) is 15.3. The number of halogens is 1. The Morgan fingerprint density at radius 1 is 1.33 bits per heavy atom. The minimum Gasteiger partial charge on any atom is -0.397 e. The van der Waals surface area contributed by atoms with Crippen LogP contribution in [0, 0.1) is 18.7 Å². The second kappa shape index (κ2) is 8.64. The number of anilines is 2. The zero-order valence-electron chi connectivity index (χ0n) is 20.5. The van der Waals surface area contributed by atoms with Gasteiger partial charge in [0.1, 0.15) is 15.3 Å². The molecule has 2 fully saturated rings. The Bertz CT molecular complexity index is 1360. The predicted octanol–water partition coefficient (Wildman–Crippen LogP) is 2.95. The lowest BCUT2D eigenvalue weighted by atomic mass is 9.85. The van der Waals surface area contributed by atoms with E-state index in [1.165, 1.54) is 11.3 Å². The van der Waals surface area contributed by atoms with Gasteiger partial charge in [-0.15, -0.1) is 11.3 Å². The van der Waals surface area contributed by atoms with Crippen LogP contribution in [0.25, 0.3) is 10.2 Å². The maximum absolute atomic E-state index is 15.3. The fourth-order valence-corrected chi connectivity index (χ4v) is 7.04. The molecule has 5 N–H and O–H groups in total. The number of aryl methyl sites for hydroxylation is 2. The first-order chi connectivity index (χ1) is 17.2. The third kappa shape index (κ3) is 3.74. The van der Waals surface area contributed by atoms with Crippen LogP contribution in [0.15, 0.2) is 18.2 Å². The third-order valence-electron chi connectivity index (χ3n) is 8.13. The van der Waals surface area contributed by atoms with E-state index in [-0.39, 0.29) is 23.8 Å². The summed E-state index contributed by atoms with van der Waals surface area (Å²) in [6.07, 6.45) is 2.88. The van der Waals surface area contributed by atoms with Crippen molar-refractivity contribution in [3.05, 3.63) is 45.8 Å². The van der Waals surface area contributed by atoms with Crippen LogP contribution >= 0.6 is 11.3 Å². The minimum atomic E-state index is -0.429. The van der Waals surface area contributed by atoms with Crippen LogP contribution < -0.4 is 21.7 Å². The molecule has 36 heavy (non-hydrogen) atoms. The Morgan fingerprint density at radius 2 is 2.17 bits per heavy atom. The van der Waals surface area contributed by atoms with E-state index in [4.69, 9.17) is 21.2 Å². The van der Waals surface area contributed by atoms with Crippen LogP contribution in [0.4, 0.5) is 15.9 Å². The van der Waals surface area contributed by atoms with Crippen molar-refractivity contribution in [3.63, 3.8) is 0 Å². The van der Waals surface area contributed by atoms with Crippen LogP contribution in [0.5, 0.6) is 0 Å². The standard InChI is InChI=1S/C26H31FN6O2S/c1-13-7-8-35-26(13)12-33(11-20(26)28)23-18(27)10-15-9-16(4-6-19(15)32-23)31-24(34)22-21(29)17-5-3-14(2)30-25(17)36-22/h3,5,10,13,16,20H,4,6-9,11-12,28-29H2,1-2H3,(H,31,34). The number of nitrogens with zero attached hydrogens (tertiary/aromatic N) is 3. The molecule has 1 aliphatic carbocycles. The molecule has 1 amide bonds. The number of thiophene rings is 1. The van der Waals surface area contributed by atoms with Gasteiger partial charge in [0.25, 0.3) is 5.91 Å². The fraction of sp³-hybridized carbons (Fsp3) is 0.500. The topological polar surface area (TPSA) is 119 Å². The molecular formula is C26H31FN6O2S. The highest BCUT2D eigenvalue weighted by atomic mass is 32.1. The maximum Gasteiger partial charge on any atom is 0.263 e. The molecule has 1 spiro atoms. The second-order valence-corrected chi connectivity index (χ2v) is 11.4. The molecule has 3 aliphatic rings. The van der Waals surface area contributed by atoms with Crippen LogP contribution in [-0.2, 0) is 17.6 Å². The van der Waals surface area contributed by atoms with E-state index >= 15 is 4.39 Å². The lowest BCUT2D eigenvalue weighted by molar-refractivity contribution is -0.0109. The molecule has 6 rings (SSSR count). The molecular weight excluding hydrogens is 479 g/mol. The molecule has 3 aromatic rings. The van der Waals surface area contributed by atoms with E-state index in [1.807, 2.05) is 24.0 Å². The monoisotopic (exact) mass is 510 g/mol. The quantitative estimate of drug-likeness (QED) is 0.496. The number of amides is 1. The predicted molar refractivity (Wildman–Crippen MR) is 139 cm³/mol. The van der Waals surface area contributed by atoms with E-state index in [2.05, 4.69) is 17.2 Å². The van der Waals surface area contributed by atoms with Crippen molar-refractivity contribution < 1.29 is 13.9 Å². The Hall–Kier alpha value is -2.82. The number of rotatable bonds is 3. The van der Waals surface area contributed by atoms with E-state index in [0.717, 1.165) is 40.0 Å². The van der Waals surface area contributed by atoms with Gasteiger partial charge in [-0.2, -0.15) is 0 Å². The Kier molecular flexibility index (Phi) is 5.66. The lowest BCUT2D eigenvalue weighted by Crippen LogP contribution is -2.50. The molecule has 4 atom stereocenters. The summed E-state index contributed by atoms with van der Waals surface area (Å²) in [5, 5.41) is 3.89. The number of carbonyl (C=O) groups is 1. The van der Waals surface area contributed by atoms with Crippen molar-refractivity contribution >= 4 is 39.0 Å². The highest BCUT2D eigenvalue weighted by Gasteiger charge is 2.53. The summed E-state index contributed by atoms with van der Waals surface area (Å²) in [4.78, 5) is 25.4. The maximum atomic E-state index is 15.3. The minimum absolute atomic E-state index is 0.118. The van der Waals surface area contributed by atoms with E-state index in [9.17, 15) is 4.79 Å². The number of fused-ring (bicyclic) bond motifs is 2. The summed E-state index contributed by atoms with van der Waals surface area (Å²) in [7, 11) is 0. The van der Waals surface area contributed by atoms with E-state index in [0.29, 0.717) is 54.8 Å². The zero-order chi connectivity index (χ0) is 25.2. The molecule has 0 bridgehead atoms. The normalized spacial score (nSPS) is 27.7. The average Bonchev–Trinajstić information content (AvgIpc) is 3.49. The highest BCUT2D eigenvalue weighted by molar-refractivity contribution is 7.21. The van der Waals surface area contributed by atoms with Gasteiger partial charge < -0.3 is 26.4 Å². The van der Waals surface area contributed by atoms with Crippen molar-refractivity contribution in [2.24, 2.45) is 11.7 Å². The molecule has 3 aromatic heterocycles. The molecule has 8 nitrogen and oxygen atoms in total. The van der Waals surface area contributed by atoms with Crippen molar-refractivity contribution in [2.45, 2.75) is 57.2 Å². The van der Waals surface area contributed by atoms with Gasteiger partial charge in [0.2, 0.25) is 0 Å². The molecule has 0 radical (unpaired) electrons. The number of ether oxygens (including phenoxy) is 1. The number of carbonyl (C=O) groups excluding carboxylic acids is 1. The number of hydrogen-bond donors (Lipinski definition) is 3. The molecule has 190 valence electrons. The van der Waals surface area contributed by atoms with Gasteiger partial charge in [-0.05, 0) is 62.3 Å². The van der Waals surface area contributed by atoms with E-state index in [1.54, 1.807) is 6.07 Å². The van der Waals surface area contributed by atoms with Gasteiger partial charge in [-0.1, -0.05) is 6.92 Å². The van der Waals surface area contributed by atoms with Gasteiger partial charge in [0.15, 0.2) is 11.6 Å². The average molecular weight is 511 g/mol. The molecule has 10 heteroatoms. The van der Waals surface area contributed by atoms with Crippen LogP contribution in [0.3, 0.4) is 0 Å². The number of aromatic nitrogens is 2. The number of pyridine rings is 2. The molecule has 0 aromatic carbocycles. The van der Waals surface area contributed by atoms with Crippen LogP contribution in [0.1, 0.15) is 46.4 Å². The number of nitrogens with two attached hydrogens (primary N) is 2. The summed E-state index contributed by atoms with van der Waals surface area (Å²) in [6.45, 7) is 5.84. The Morgan fingerprint density at radius 3 is 2.94 bits per heavy atom. The third-order valence-corrected chi connectivity index (χ3v) is 9.25. The molecule has 2 aliphatic heterocycles.